The molecule has 2 heterocycles. The Balaban J connectivity index is 1.21. The molecule has 0 fully saturated rings. The first-order chi connectivity index (χ1) is 30.3. The minimum Gasteiger partial charge on any atom is -0.309 e. The van der Waals surface area contributed by atoms with Crippen LogP contribution >= 0.6 is 0 Å². The fraction of sp³-hybridized carbons (Fsp3) is 0. The van der Waals surface area contributed by atoms with Gasteiger partial charge >= 0.3 is 0 Å². The first kappa shape index (κ1) is 34.9. The lowest BCUT2D eigenvalue weighted by atomic mass is 9.88. The second-order valence-electron chi connectivity index (χ2n) is 15.7. The fourth-order valence-electron chi connectivity index (χ4n) is 9.41. The summed E-state index contributed by atoms with van der Waals surface area (Å²) in [4.78, 5) is 10.9. The zero-order chi connectivity index (χ0) is 40.3. The maximum atomic E-state index is 5.43. The molecule has 0 spiro atoms. The Labute approximate surface area is 353 Å². The molecule has 0 bridgehead atoms. The lowest BCUT2D eigenvalue weighted by molar-refractivity contribution is 1.18. The molecule has 284 valence electrons. The molecule has 0 aliphatic carbocycles. The molecule has 0 saturated carbocycles. The SMILES string of the molecule is c1ccc(-c2cc(-c3ccccc3)nc(-c3cc4c5ccccc5c5ccccc5c4cc3-c3ccc4c(c3)c3c(-c5ccccc5)cccc3n4-c3ccccc3)n2)cc1. The summed E-state index contributed by atoms with van der Waals surface area (Å²) in [6, 6.07) is 80.5. The van der Waals surface area contributed by atoms with E-state index < -0.39 is 0 Å². The van der Waals surface area contributed by atoms with E-state index in [9.17, 15) is 0 Å². The van der Waals surface area contributed by atoms with Crippen molar-refractivity contribution in [3.63, 3.8) is 0 Å². The summed E-state index contributed by atoms with van der Waals surface area (Å²) in [6.45, 7) is 0. The molecule has 0 aliphatic rings. The van der Waals surface area contributed by atoms with Crippen molar-refractivity contribution >= 4 is 54.1 Å². The van der Waals surface area contributed by atoms with Crippen LogP contribution in [0.4, 0.5) is 0 Å². The van der Waals surface area contributed by atoms with Crippen LogP contribution in [-0.2, 0) is 0 Å². The Morgan fingerprint density at radius 1 is 0.279 bits per heavy atom. The minimum atomic E-state index is 0.686. The predicted molar refractivity (Wildman–Crippen MR) is 256 cm³/mol. The van der Waals surface area contributed by atoms with E-state index in [4.69, 9.17) is 9.97 Å². The van der Waals surface area contributed by atoms with E-state index in [2.05, 4.69) is 229 Å². The number of rotatable bonds is 6. The van der Waals surface area contributed by atoms with Crippen molar-refractivity contribution < 1.29 is 0 Å². The van der Waals surface area contributed by atoms with Crippen LogP contribution in [0.15, 0.2) is 224 Å². The van der Waals surface area contributed by atoms with Crippen molar-refractivity contribution in [2.45, 2.75) is 0 Å². The van der Waals surface area contributed by atoms with Gasteiger partial charge in [-0.3, -0.25) is 0 Å². The number of hydrogen-bond donors (Lipinski definition) is 0. The minimum absolute atomic E-state index is 0.686. The monoisotopic (exact) mass is 775 g/mol. The number of nitrogens with zero attached hydrogens (tertiary/aromatic N) is 3. The van der Waals surface area contributed by atoms with Gasteiger partial charge in [0.2, 0.25) is 0 Å². The highest BCUT2D eigenvalue weighted by Crippen LogP contribution is 2.45. The second-order valence-corrected chi connectivity index (χ2v) is 15.7. The van der Waals surface area contributed by atoms with E-state index in [1.54, 1.807) is 0 Å². The standard InChI is InChI=1S/C58H37N3/c1-5-18-38(19-6-1)43-30-17-31-56-57(43)52-34-41(32-33-55(52)61(56)42-24-11-4-12-25-42)48-35-49-46-28-15-13-26-44(46)45-27-14-16-29-47(45)50(49)36-51(48)58-59-53(39-20-7-2-8-21-39)37-54(60-58)40-22-9-3-10-23-40/h1-37H. The number of fused-ring (bicyclic) bond motifs is 9. The zero-order valence-electron chi connectivity index (χ0n) is 33.2. The highest BCUT2D eigenvalue weighted by atomic mass is 15.0. The van der Waals surface area contributed by atoms with Crippen LogP contribution < -0.4 is 0 Å². The Hall–Kier alpha value is -8.14. The number of aromatic nitrogens is 3. The van der Waals surface area contributed by atoms with Gasteiger partial charge in [0.25, 0.3) is 0 Å². The molecule has 12 rings (SSSR count). The van der Waals surface area contributed by atoms with E-state index in [-0.39, 0.29) is 0 Å². The third kappa shape index (κ3) is 5.82. The van der Waals surface area contributed by atoms with Crippen molar-refractivity contribution in [1.29, 1.82) is 0 Å². The van der Waals surface area contributed by atoms with Gasteiger partial charge < -0.3 is 4.57 Å². The lowest BCUT2D eigenvalue weighted by Gasteiger charge is -2.17. The van der Waals surface area contributed by atoms with Gasteiger partial charge in [-0.2, -0.15) is 0 Å². The molecule has 12 aromatic rings. The number of hydrogen-bond acceptors (Lipinski definition) is 2. The summed E-state index contributed by atoms with van der Waals surface area (Å²) in [5.74, 6) is 0.686. The molecule has 10 aromatic carbocycles. The summed E-state index contributed by atoms with van der Waals surface area (Å²) in [5, 5.41) is 9.70. The van der Waals surface area contributed by atoms with E-state index in [1.807, 2.05) is 0 Å². The Kier molecular flexibility index (Phi) is 8.17. The van der Waals surface area contributed by atoms with Crippen molar-refractivity contribution in [1.82, 2.24) is 14.5 Å². The molecule has 0 aliphatic heterocycles. The van der Waals surface area contributed by atoms with Gasteiger partial charge in [0, 0.05) is 33.2 Å². The predicted octanol–water partition coefficient (Wildman–Crippen LogP) is 15.4. The summed E-state index contributed by atoms with van der Waals surface area (Å²) in [5.41, 5.74) is 12.9. The molecule has 2 aromatic heterocycles. The molecule has 0 radical (unpaired) electrons. The van der Waals surface area contributed by atoms with E-state index >= 15 is 0 Å². The maximum Gasteiger partial charge on any atom is 0.161 e. The molecular formula is C58H37N3. The first-order valence-corrected chi connectivity index (χ1v) is 20.8. The lowest BCUT2D eigenvalue weighted by Crippen LogP contribution is -1.98. The first-order valence-electron chi connectivity index (χ1n) is 20.8. The average Bonchev–Trinajstić information content (AvgIpc) is 3.68. The summed E-state index contributed by atoms with van der Waals surface area (Å²) in [6.07, 6.45) is 0. The Morgan fingerprint density at radius 2 is 0.770 bits per heavy atom. The van der Waals surface area contributed by atoms with Crippen LogP contribution in [0.1, 0.15) is 0 Å². The summed E-state index contributed by atoms with van der Waals surface area (Å²) < 4.78 is 2.40. The van der Waals surface area contributed by atoms with Gasteiger partial charge in [-0.25, -0.2) is 9.97 Å². The fourth-order valence-corrected chi connectivity index (χ4v) is 9.41. The van der Waals surface area contributed by atoms with Gasteiger partial charge in [0.1, 0.15) is 0 Å². The van der Waals surface area contributed by atoms with Crippen LogP contribution in [0.2, 0.25) is 0 Å². The highest BCUT2D eigenvalue weighted by Gasteiger charge is 2.21. The summed E-state index contributed by atoms with van der Waals surface area (Å²) >= 11 is 0. The molecule has 0 unspecified atom stereocenters. The molecule has 0 saturated heterocycles. The number of benzene rings is 10. The van der Waals surface area contributed by atoms with Crippen molar-refractivity contribution in [3.8, 4) is 61.8 Å². The molecule has 3 heteroatoms. The van der Waals surface area contributed by atoms with Gasteiger partial charge in [-0.15, -0.1) is 0 Å². The van der Waals surface area contributed by atoms with Crippen LogP contribution in [0.25, 0.3) is 116 Å². The van der Waals surface area contributed by atoms with Crippen molar-refractivity contribution in [3.05, 3.63) is 224 Å². The van der Waals surface area contributed by atoms with Crippen LogP contribution in [-0.4, -0.2) is 14.5 Å². The zero-order valence-corrected chi connectivity index (χ0v) is 33.2. The van der Waals surface area contributed by atoms with Gasteiger partial charge in [0.15, 0.2) is 5.82 Å². The summed E-state index contributed by atoms with van der Waals surface area (Å²) in [7, 11) is 0. The largest absolute Gasteiger partial charge is 0.309 e. The average molecular weight is 776 g/mol. The van der Waals surface area contributed by atoms with Crippen LogP contribution in [0.5, 0.6) is 0 Å². The quantitative estimate of drug-likeness (QED) is 0.158. The third-order valence-corrected chi connectivity index (χ3v) is 12.2. The van der Waals surface area contributed by atoms with Gasteiger partial charge in [0.05, 0.1) is 22.4 Å². The molecule has 3 nitrogen and oxygen atoms in total. The van der Waals surface area contributed by atoms with Gasteiger partial charge in [-0.1, -0.05) is 176 Å². The molecule has 0 N–H and O–H groups in total. The van der Waals surface area contributed by atoms with Crippen LogP contribution in [0, 0.1) is 0 Å². The smallest absolute Gasteiger partial charge is 0.161 e. The topological polar surface area (TPSA) is 30.7 Å². The molecule has 61 heavy (non-hydrogen) atoms. The number of para-hydroxylation sites is 1. The molecule has 0 amide bonds. The van der Waals surface area contributed by atoms with E-state index in [1.165, 1.54) is 59.7 Å². The van der Waals surface area contributed by atoms with Gasteiger partial charge in [-0.05, 0) is 103 Å². The van der Waals surface area contributed by atoms with E-state index in [0.29, 0.717) is 5.82 Å². The Morgan fingerprint density at radius 3 is 1.34 bits per heavy atom. The normalized spacial score (nSPS) is 11.6. The maximum absolute atomic E-state index is 5.43. The van der Waals surface area contributed by atoms with Crippen LogP contribution in [0.3, 0.4) is 0 Å². The Bertz CT molecular complexity index is 3550. The second kappa shape index (κ2) is 14.3. The molecular weight excluding hydrogens is 739 g/mol. The molecule has 0 atom stereocenters. The third-order valence-electron chi connectivity index (χ3n) is 12.2. The van der Waals surface area contributed by atoms with Crippen molar-refractivity contribution in [2.24, 2.45) is 0 Å². The van der Waals surface area contributed by atoms with Crippen molar-refractivity contribution in [2.75, 3.05) is 0 Å². The van der Waals surface area contributed by atoms with E-state index in [0.717, 1.165) is 50.4 Å². The highest BCUT2D eigenvalue weighted by molar-refractivity contribution is 6.27.